The lowest BCUT2D eigenvalue weighted by atomic mass is 10.1. The molecule has 1 amide bonds. The highest BCUT2D eigenvalue weighted by molar-refractivity contribution is 5.82. The van der Waals surface area contributed by atoms with Gasteiger partial charge in [-0.05, 0) is 25.5 Å². The van der Waals surface area contributed by atoms with Crippen molar-refractivity contribution in [2.45, 2.75) is 32.9 Å². The first-order valence-corrected chi connectivity index (χ1v) is 7.61. The number of aryl methyl sites for hydroxylation is 1. The Morgan fingerprint density at radius 2 is 2.17 bits per heavy atom. The van der Waals surface area contributed by atoms with E-state index in [2.05, 4.69) is 10.3 Å². The summed E-state index contributed by atoms with van der Waals surface area (Å²) in [6.07, 6.45) is 1.89. The highest BCUT2D eigenvalue weighted by Crippen LogP contribution is 2.28. The molecule has 1 atom stereocenters. The zero-order chi connectivity index (χ0) is 16.4. The predicted octanol–water partition coefficient (Wildman–Crippen LogP) is 2.33. The average Bonchev–Trinajstić information content (AvgIpc) is 2.98. The van der Waals surface area contributed by atoms with E-state index in [4.69, 9.17) is 9.47 Å². The molecule has 0 radical (unpaired) electrons. The lowest BCUT2D eigenvalue weighted by molar-refractivity contribution is -0.127. The molecule has 1 aliphatic rings. The molecule has 1 aliphatic heterocycles. The fourth-order valence-corrected chi connectivity index (χ4v) is 2.86. The summed E-state index contributed by atoms with van der Waals surface area (Å²) in [5, 5.41) is 2.91. The summed E-state index contributed by atoms with van der Waals surface area (Å²) >= 11 is 0. The van der Waals surface area contributed by atoms with Crippen molar-refractivity contribution in [3.8, 4) is 11.5 Å². The third-order valence-corrected chi connectivity index (χ3v) is 4.12. The van der Waals surface area contributed by atoms with Crippen LogP contribution >= 0.6 is 0 Å². The number of carbonyl (C=O) groups excluding carboxylic acids is 1. The molecule has 0 saturated heterocycles. The van der Waals surface area contributed by atoms with E-state index < -0.39 is 6.10 Å². The second-order valence-electron chi connectivity index (χ2n) is 5.68. The first-order chi connectivity index (χ1) is 11.1. The average molecular weight is 312 g/mol. The van der Waals surface area contributed by atoms with Gasteiger partial charge in [-0.1, -0.05) is 18.2 Å². The minimum atomic E-state index is -0.472. The number of pyridine rings is 1. The van der Waals surface area contributed by atoms with Gasteiger partial charge in [-0.25, -0.2) is 0 Å². The highest BCUT2D eigenvalue weighted by Gasteiger charge is 2.28. The number of nitrogens with zero attached hydrogens (tertiary/aromatic N) is 1. The molecule has 1 unspecified atom stereocenters. The Kier molecular flexibility index (Phi) is 4.19. The van der Waals surface area contributed by atoms with Gasteiger partial charge in [0.2, 0.25) is 0 Å². The third-order valence-electron chi connectivity index (χ3n) is 4.12. The van der Waals surface area contributed by atoms with Crippen molar-refractivity contribution in [2.75, 3.05) is 7.11 Å². The Bertz CT molecular complexity index is 718. The largest absolute Gasteiger partial charge is 0.496 e. The van der Waals surface area contributed by atoms with Crippen LogP contribution in [0.5, 0.6) is 11.5 Å². The smallest absolute Gasteiger partial charge is 0.261 e. The van der Waals surface area contributed by atoms with Gasteiger partial charge in [-0.15, -0.1) is 0 Å². The van der Waals surface area contributed by atoms with Crippen LogP contribution in [-0.4, -0.2) is 24.1 Å². The molecule has 5 nitrogen and oxygen atoms in total. The Hall–Kier alpha value is -2.56. The first kappa shape index (κ1) is 15.3. The van der Waals surface area contributed by atoms with Gasteiger partial charge in [0, 0.05) is 23.7 Å². The number of nitrogens with one attached hydrogen (secondary N) is 1. The molecule has 3 rings (SSSR count). The summed E-state index contributed by atoms with van der Waals surface area (Å²) in [4.78, 5) is 16.7. The van der Waals surface area contributed by atoms with Gasteiger partial charge in [-0.2, -0.15) is 0 Å². The summed E-state index contributed by atoms with van der Waals surface area (Å²) in [6, 6.07) is 7.73. The highest BCUT2D eigenvalue weighted by atomic mass is 16.5. The number of carbonyl (C=O) groups is 1. The fourth-order valence-electron chi connectivity index (χ4n) is 2.86. The molecule has 2 heterocycles. The van der Waals surface area contributed by atoms with Crippen LogP contribution < -0.4 is 14.8 Å². The Morgan fingerprint density at radius 3 is 2.91 bits per heavy atom. The Labute approximate surface area is 135 Å². The van der Waals surface area contributed by atoms with Crippen LogP contribution in [0.15, 0.2) is 30.5 Å². The van der Waals surface area contributed by atoms with Gasteiger partial charge in [-0.3, -0.25) is 9.78 Å². The van der Waals surface area contributed by atoms with E-state index in [1.54, 1.807) is 13.3 Å². The minimum Gasteiger partial charge on any atom is -0.496 e. The van der Waals surface area contributed by atoms with E-state index in [1.165, 1.54) is 0 Å². The molecule has 0 fully saturated rings. The summed E-state index contributed by atoms with van der Waals surface area (Å²) in [5.41, 5.74) is 3.80. The monoisotopic (exact) mass is 312 g/mol. The van der Waals surface area contributed by atoms with Crippen molar-refractivity contribution in [2.24, 2.45) is 0 Å². The Morgan fingerprint density at radius 1 is 1.39 bits per heavy atom. The second kappa shape index (κ2) is 6.28. The zero-order valence-electron chi connectivity index (χ0n) is 13.6. The van der Waals surface area contributed by atoms with Gasteiger partial charge in [0.05, 0.1) is 19.3 Å². The molecular weight excluding hydrogens is 292 g/mol. The zero-order valence-corrected chi connectivity index (χ0v) is 13.6. The lowest BCUT2D eigenvalue weighted by Crippen LogP contribution is -2.37. The number of ether oxygens (including phenoxy) is 2. The lowest BCUT2D eigenvalue weighted by Gasteiger charge is -2.14. The minimum absolute atomic E-state index is 0.123. The van der Waals surface area contributed by atoms with Gasteiger partial charge in [0.25, 0.3) is 5.91 Å². The molecule has 1 N–H and O–H groups in total. The fraction of sp³-hybridized carbons (Fsp3) is 0.333. The Balaban J connectivity index is 1.65. The number of hydrogen-bond donors (Lipinski definition) is 1. The van der Waals surface area contributed by atoms with Crippen molar-refractivity contribution in [1.29, 1.82) is 0 Å². The molecule has 5 heteroatoms. The summed E-state index contributed by atoms with van der Waals surface area (Å²) in [6.45, 7) is 4.25. The van der Waals surface area contributed by atoms with Gasteiger partial charge >= 0.3 is 0 Å². The van der Waals surface area contributed by atoms with Crippen LogP contribution in [0.3, 0.4) is 0 Å². The summed E-state index contributed by atoms with van der Waals surface area (Å²) < 4.78 is 11.1. The maximum absolute atomic E-state index is 12.3. The molecule has 0 aliphatic carbocycles. The maximum Gasteiger partial charge on any atom is 0.261 e. The SMILES string of the molecule is COc1c(C)cnc(CNC(=O)C2Cc3ccccc3O2)c1C. The van der Waals surface area contributed by atoms with Crippen molar-refractivity contribution < 1.29 is 14.3 Å². The van der Waals surface area contributed by atoms with Crippen LogP contribution in [0.1, 0.15) is 22.4 Å². The topological polar surface area (TPSA) is 60.5 Å². The van der Waals surface area contributed by atoms with Crippen molar-refractivity contribution in [1.82, 2.24) is 10.3 Å². The molecule has 0 spiro atoms. The quantitative estimate of drug-likeness (QED) is 0.941. The molecule has 0 bridgehead atoms. The molecule has 0 saturated carbocycles. The van der Waals surface area contributed by atoms with Crippen molar-refractivity contribution in [3.05, 3.63) is 52.8 Å². The van der Waals surface area contributed by atoms with Crippen LogP contribution in [0.4, 0.5) is 0 Å². The predicted molar refractivity (Wildman–Crippen MR) is 86.7 cm³/mol. The maximum atomic E-state index is 12.3. The summed E-state index contributed by atoms with van der Waals surface area (Å²) in [7, 11) is 1.64. The van der Waals surface area contributed by atoms with E-state index in [-0.39, 0.29) is 5.91 Å². The number of rotatable bonds is 4. The van der Waals surface area contributed by atoms with Crippen LogP contribution in [0, 0.1) is 13.8 Å². The van der Waals surface area contributed by atoms with E-state index >= 15 is 0 Å². The van der Waals surface area contributed by atoms with E-state index in [0.29, 0.717) is 13.0 Å². The molecule has 1 aromatic heterocycles. The van der Waals surface area contributed by atoms with Gasteiger partial charge in [0.15, 0.2) is 6.10 Å². The van der Waals surface area contributed by atoms with Gasteiger partial charge < -0.3 is 14.8 Å². The molecular formula is C18H20N2O3. The van der Waals surface area contributed by atoms with Crippen molar-refractivity contribution in [3.63, 3.8) is 0 Å². The normalized spacial score (nSPS) is 15.7. The van der Waals surface area contributed by atoms with E-state index in [1.807, 2.05) is 38.1 Å². The molecule has 2 aromatic rings. The second-order valence-corrected chi connectivity index (χ2v) is 5.68. The number of methoxy groups -OCH3 is 1. The first-order valence-electron chi connectivity index (χ1n) is 7.61. The number of amides is 1. The molecule has 23 heavy (non-hydrogen) atoms. The van der Waals surface area contributed by atoms with Gasteiger partial charge in [0.1, 0.15) is 11.5 Å². The molecule has 1 aromatic carbocycles. The standard InChI is InChI=1S/C18H20N2O3/c1-11-9-19-14(12(2)17(11)22-3)10-20-18(21)16-8-13-6-4-5-7-15(13)23-16/h4-7,9,16H,8,10H2,1-3H3,(H,20,21). The van der Waals surface area contributed by atoms with Crippen LogP contribution in [-0.2, 0) is 17.8 Å². The van der Waals surface area contributed by atoms with E-state index in [0.717, 1.165) is 33.9 Å². The van der Waals surface area contributed by atoms with Crippen LogP contribution in [0.25, 0.3) is 0 Å². The van der Waals surface area contributed by atoms with E-state index in [9.17, 15) is 4.79 Å². The molecule has 120 valence electrons. The number of para-hydroxylation sites is 1. The van der Waals surface area contributed by atoms with Crippen molar-refractivity contribution >= 4 is 5.91 Å². The number of hydrogen-bond acceptors (Lipinski definition) is 4. The number of fused-ring (bicyclic) bond motifs is 1. The number of aromatic nitrogens is 1. The summed E-state index contributed by atoms with van der Waals surface area (Å²) in [5.74, 6) is 1.48. The number of benzene rings is 1. The third kappa shape index (κ3) is 2.99. The van der Waals surface area contributed by atoms with Crippen LogP contribution in [0.2, 0.25) is 0 Å².